The SMILES string of the molecule is CCCCC/C=C\C/C=C\CCCCCCCCCCCC(=O)OC(COC(=O)CCCCCCC/C=C\C/C=C\CCCCC)COC(=O)CCCCCCCCCCC/C=C\CCCCCCCCCC. The van der Waals surface area contributed by atoms with Gasteiger partial charge in [-0.1, -0.05) is 261 Å². The maximum absolute atomic E-state index is 12.9. The van der Waals surface area contributed by atoms with Gasteiger partial charge in [0, 0.05) is 19.3 Å². The van der Waals surface area contributed by atoms with Gasteiger partial charge in [0.15, 0.2) is 6.10 Å². The van der Waals surface area contributed by atoms with E-state index >= 15 is 0 Å². The quantitative estimate of drug-likeness (QED) is 0.0261. The molecule has 0 amide bonds. The van der Waals surface area contributed by atoms with E-state index in [9.17, 15) is 14.4 Å². The summed E-state index contributed by atoms with van der Waals surface area (Å²) in [6.45, 7) is 6.61. The predicted octanol–water partition coefficient (Wildman–Crippen LogP) is 21.6. The summed E-state index contributed by atoms with van der Waals surface area (Å²) in [5.41, 5.74) is 0. The highest BCUT2D eigenvalue weighted by Gasteiger charge is 2.19. The number of rotatable bonds is 58. The number of allylic oxidation sites excluding steroid dienone is 10. The zero-order valence-corrected chi connectivity index (χ0v) is 48.7. The molecule has 0 fully saturated rings. The van der Waals surface area contributed by atoms with Crippen LogP contribution in [-0.2, 0) is 28.6 Å². The lowest BCUT2D eigenvalue weighted by Crippen LogP contribution is -2.30. The summed E-state index contributed by atoms with van der Waals surface area (Å²) in [5, 5.41) is 0. The third kappa shape index (κ3) is 59.9. The number of unbranched alkanes of at least 4 members (excludes halogenated alkanes) is 37. The van der Waals surface area contributed by atoms with Crippen LogP contribution >= 0.6 is 0 Å². The van der Waals surface area contributed by atoms with E-state index in [0.29, 0.717) is 19.3 Å². The lowest BCUT2D eigenvalue weighted by Gasteiger charge is -2.18. The van der Waals surface area contributed by atoms with E-state index in [0.717, 1.165) is 83.5 Å². The molecule has 1 atom stereocenters. The predicted molar refractivity (Wildman–Crippen MR) is 316 cm³/mol. The molecule has 6 heteroatoms. The van der Waals surface area contributed by atoms with Crippen molar-refractivity contribution in [2.24, 2.45) is 0 Å². The van der Waals surface area contributed by atoms with Crippen LogP contribution in [0.2, 0.25) is 0 Å². The van der Waals surface area contributed by atoms with Crippen LogP contribution in [0.4, 0.5) is 0 Å². The summed E-state index contributed by atoms with van der Waals surface area (Å²) in [6, 6.07) is 0. The summed E-state index contributed by atoms with van der Waals surface area (Å²) < 4.78 is 16.9. The third-order valence-electron chi connectivity index (χ3n) is 14.0. The molecule has 0 aromatic carbocycles. The van der Waals surface area contributed by atoms with E-state index in [1.807, 2.05) is 0 Å². The Labute approximate surface area is 453 Å². The summed E-state index contributed by atoms with van der Waals surface area (Å²) in [5.74, 6) is -0.884. The molecule has 1 unspecified atom stereocenters. The second kappa shape index (κ2) is 61.7. The number of carbonyl (C=O) groups excluding carboxylic acids is 3. The van der Waals surface area contributed by atoms with Gasteiger partial charge in [-0.15, -0.1) is 0 Å². The fourth-order valence-electron chi connectivity index (χ4n) is 9.15. The highest BCUT2D eigenvalue weighted by molar-refractivity contribution is 5.71. The molecular weight excluding hydrogens is 901 g/mol. The molecule has 0 bridgehead atoms. The Morgan fingerprint density at radius 2 is 0.493 bits per heavy atom. The molecule has 0 saturated heterocycles. The lowest BCUT2D eigenvalue weighted by molar-refractivity contribution is -0.167. The summed E-state index contributed by atoms with van der Waals surface area (Å²) in [6.07, 6.45) is 77.9. The maximum Gasteiger partial charge on any atom is 0.306 e. The molecule has 0 radical (unpaired) electrons. The van der Waals surface area contributed by atoms with Gasteiger partial charge in [0.1, 0.15) is 13.2 Å². The fraction of sp³-hybridized carbons (Fsp3) is 0.806. The smallest absolute Gasteiger partial charge is 0.306 e. The summed E-state index contributed by atoms with van der Waals surface area (Å²) in [7, 11) is 0. The average molecular weight is 1020 g/mol. The van der Waals surface area contributed by atoms with Crippen molar-refractivity contribution >= 4 is 17.9 Å². The number of hydrogen-bond acceptors (Lipinski definition) is 6. The van der Waals surface area contributed by atoms with E-state index in [-0.39, 0.29) is 31.1 Å². The van der Waals surface area contributed by atoms with Crippen molar-refractivity contribution in [3.63, 3.8) is 0 Å². The Kier molecular flexibility index (Phi) is 59.2. The van der Waals surface area contributed by atoms with Crippen LogP contribution in [-0.4, -0.2) is 37.2 Å². The first-order valence-electron chi connectivity index (χ1n) is 31.8. The molecule has 0 aliphatic heterocycles. The first-order valence-corrected chi connectivity index (χ1v) is 31.8. The van der Waals surface area contributed by atoms with Crippen molar-refractivity contribution in [1.82, 2.24) is 0 Å². The number of esters is 3. The molecule has 0 spiro atoms. The minimum atomic E-state index is -0.784. The molecule has 0 N–H and O–H groups in total. The second-order valence-corrected chi connectivity index (χ2v) is 21.3. The van der Waals surface area contributed by atoms with Crippen molar-refractivity contribution in [2.75, 3.05) is 13.2 Å². The number of carbonyl (C=O) groups is 3. The average Bonchev–Trinajstić information content (AvgIpc) is 3.39. The zero-order chi connectivity index (χ0) is 52.9. The standard InChI is InChI=1S/C67H120O6/c1-4-7-10-13-16-19-22-25-28-30-32-33-35-36-39-42-45-48-51-54-57-60-66(69)72-63-64(62-71-65(68)59-56-53-50-47-44-41-38-27-24-21-18-15-12-9-6-3)73-67(70)61-58-55-52-49-46-43-40-37-34-31-29-26-23-20-17-14-11-8-5-2/h17-18,20-21,26-27,29-30,32,38,64H,4-16,19,22-25,28,31,33-37,39-63H2,1-3H3/b20-17-,21-18-,29-26-,32-30-,38-27-. The molecular formula is C67H120O6. The molecule has 0 saturated carbocycles. The third-order valence-corrected chi connectivity index (χ3v) is 14.0. The van der Waals surface area contributed by atoms with Gasteiger partial charge in [-0.3, -0.25) is 14.4 Å². The van der Waals surface area contributed by atoms with Crippen LogP contribution in [0.15, 0.2) is 60.8 Å². The van der Waals surface area contributed by atoms with Gasteiger partial charge in [0.2, 0.25) is 0 Å². The first kappa shape index (κ1) is 70.1. The van der Waals surface area contributed by atoms with Gasteiger partial charge >= 0.3 is 17.9 Å². The first-order chi connectivity index (χ1) is 36.0. The molecule has 0 aromatic heterocycles. The van der Waals surface area contributed by atoms with Crippen molar-refractivity contribution in [3.05, 3.63) is 60.8 Å². The Hall–Kier alpha value is -2.89. The maximum atomic E-state index is 12.9. The number of hydrogen-bond donors (Lipinski definition) is 0. The molecule has 0 aliphatic rings. The molecule has 0 aliphatic carbocycles. The largest absolute Gasteiger partial charge is 0.462 e. The van der Waals surface area contributed by atoms with Gasteiger partial charge in [0.25, 0.3) is 0 Å². The normalized spacial score (nSPS) is 12.4. The second-order valence-electron chi connectivity index (χ2n) is 21.3. The van der Waals surface area contributed by atoms with Crippen LogP contribution in [0.1, 0.15) is 329 Å². The van der Waals surface area contributed by atoms with Gasteiger partial charge < -0.3 is 14.2 Å². The molecule has 73 heavy (non-hydrogen) atoms. The van der Waals surface area contributed by atoms with Crippen LogP contribution in [0.3, 0.4) is 0 Å². The van der Waals surface area contributed by atoms with E-state index in [2.05, 4.69) is 81.5 Å². The Morgan fingerprint density at radius 1 is 0.274 bits per heavy atom. The van der Waals surface area contributed by atoms with Gasteiger partial charge in [0.05, 0.1) is 0 Å². The van der Waals surface area contributed by atoms with E-state index in [1.165, 1.54) is 205 Å². The fourth-order valence-corrected chi connectivity index (χ4v) is 9.15. The van der Waals surface area contributed by atoms with Crippen molar-refractivity contribution in [3.8, 4) is 0 Å². The number of ether oxygens (including phenoxy) is 3. The zero-order valence-electron chi connectivity index (χ0n) is 48.7. The van der Waals surface area contributed by atoms with Crippen LogP contribution in [0, 0.1) is 0 Å². The Morgan fingerprint density at radius 3 is 0.795 bits per heavy atom. The molecule has 0 rings (SSSR count). The molecule has 424 valence electrons. The van der Waals surface area contributed by atoms with Crippen LogP contribution < -0.4 is 0 Å². The van der Waals surface area contributed by atoms with E-state index in [1.54, 1.807) is 0 Å². The highest BCUT2D eigenvalue weighted by atomic mass is 16.6. The van der Waals surface area contributed by atoms with E-state index in [4.69, 9.17) is 14.2 Å². The van der Waals surface area contributed by atoms with Gasteiger partial charge in [-0.05, 0) is 109 Å². The monoisotopic (exact) mass is 1020 g/mol. The van der Waals surface area contributed by atoms with Crippen LogP contribution in [0.25, 0.3) is 0 Å². The van der Waals surface area contributed by atoms with Crippen LogP contribution in [0.5, 0.6) is 0 Å². The summed E-state index contributed by atoms with van der Waals surface area (Å²) in [4.78, 5) is 38.3. The Balaban J connectivity index is 4.36. The van der Waals surface area contributed by atoms with E-state index < -0.39 is 6.10 Å². The minimum Gasteiger partial charge on any atom is -0.462 e. The molecule has 0 aromatic rings. The van der Waals surface area contributed by atoms with Gasteiger partial charge in [-0.2, -0.15) is 0 Å². The van der Waals surface area contributed by atoms with Crippen molar-refractivity contribution < 1.29 is 28.6 Å². The lowest BCUT2D eigenvalue weighted by atomic mass is 10.1. The topological polar surface area (TPSA) is 78.9 Å². The van der Waals surface area contributed by atoms with Crippen molar-refractivity contribution in [2.45, 2.75) is 335 Å². The molecule has 0 heterocycles. The van der Waals surface area contributed by atoms with Crippen molar-refractivity contribution in [1.29, 1.82) is 0 Å². The highest BCUT2D eigenvalue weighted by Crippen LogP contribution is 2.16. The van der Waals surface area contributed by atoms with Gasteiger partial charge in [-0.25, -0.2) is 0 Å². The Bertz CT molecular complexity index is 1310. The summed E-state index contributed by atoms with van der Waals surface area (Å²) >= 11 is 0. The molecule has 6 nitrogen and oxygen atoms in total. The minimum absolute atomic E-state index is 0.0799.